The lowest BCUT2D eigenvalue weighted by molar-refractivity contribution is 0.0522. The summed E-state index contributed by atoms with van der Waals surface area (Å²) in [5.74, 6) is -0.364. The molecule has 28 heavy (non-hydrogen) atoms. The number of nitrogens with zero attached hydrogens (tertiary/aromatic N) is 2. The fourth-order valence-electron chi connectivity index (χ4n) is 4.02. The van der Waals surface area contributed by atoms with E-state index >= 15 is 0 Å². The van der Waals surface area contributed by atoms with Gasteiger partial charge in [-0.05, 0) is 70.6 Å². The van der Waals surface area contributed by atoms with Crippen molar-refractivity contribution in [3.63, 3.8) is 0 Å². The molecule has 3 saturated carbocycles. The molecule has 3 aliphatic carbocycles. The minimum absolute atomic E-state index is 0.111. The fourth-order valence-corrected chi connectivity index (χ4v) is 4.73. The van der Waals surface area contributed by atoms with Crippen LogP contribution in [0.2, 0.25) is 0 Å². The van der Waals surface area contributed by atoms with Gasteiger partial charge in [0.05, 0.1) is 39.6 Å². The van der Waals surface area contributed by atoms with E-state index in [1.807, 2.05) is 6.07 Å². The Kier molecular flexibility index (Phi) is 5.12. The van der Waals surface area contributed by atoms with Crippen LogP contribution in [0.25, 0.3) is 0 Å². The van der Waals surface area contributed by atoms with E-state index in [1.165, 1.54) is 18.2 Å². The molecule has 4 rings (SSSR count). The van der Waals surface area contributed by atoms with Gasteiger partial charge in [0.15, 0.2) is 0 Å². The molecule has 8 heteroatoms. The van der Waals surface area contributed by atoms with Gasteiger partial charge in [-0.2, -0.15) is 10.5 Å². The maximum absolute atomic E-state index is 13.0. The van der Waals surface area contributed by atoms with Crippen LogP contribution < -0.4 is 10.0 Å². The number of hydrogen-bond donors (Lipinski definition) is 2. The number of anilines is 1. The van der Waals surface area contributed by atoms with Gasteiger partial charge >= 0.3 is 0 Å². The number of nitrogens with one attached hydrogen (secondary N) is 2. The zero-order chi connectivity index (χ0) is 20.6. The first-order valence-corrected chi connectivity index (χ1v) is 11.0. The SMILES string of the molecule is CC(C)S(=O)(=O)Nc1cc(C#N)ccc1C(=O)NC12CCC(C#N)(CC1)CC2. The Labute approximate surface area is 165 Å². The number of nitriles is 2. The molecule has 1 aromatic rings. The predicted octanol–water partition coefficient (Wildman–Crippen LogP) is 3.05. The van der Waals surface area contributed by atoms with Gasteiger partial charge in [-0.3, -0.25) is 9.52 Å². The highest BCUT2D eigenvalue weighted by Crippen LogP contribution is 2.52. The number of rotatable bonds is 5. The van der Waals surface area contributed by atoms with Gasteiger partial charge < -0.3 is 5.32 Å². The van der Waals surface area contributed by atoms with E-state index in [1.54, 1.807) is 13.8 Å². The normalized spacial score (nSPS) is 26.3. The summed E-state index contributed by atoms with van der Waals surface area (Å²) in [4.78, 5) is 13.0. The first kappa shape index (κ1) is 20.2. The summed E-state index contributed by atoms with van der Waals surface area (Å²) in [6.45, 7) is 3.08. The van der Waals surface area contributed by atoms with E-state index in [9.17, 15) is 18.5 Å². The summed E-state index contributed by atoms with van der Waals surface area (Å²) >= 11 is 0. The monoisotopic (exact) mass is 400 g/mol. The Hall–Kier alpha value is -2.58. The van der Waals surface area contributed by atoms with E-state index in [-0.39, 0.29) is 33.7 Å². The van der Waals surface area contributed by atoms with Gasteiger partial charge in [0, 0.05) is 5.54 Å². The Morgan fingerprint density at radius 3 is 2.21 bits per heavy atom. The van der Waals surface area contributed by atoms with E-state index in [0.29, 0.717) is 0 Å². The molecule has 2 bridgehead atoms. The van der Waals surface area contributed by atoms with Crippen molar-refractivity contribution in [3.8, 4) is 12.1 Å². The summed E-state index contributed by atoms with van der Waals surface area (Å²) in [6.07, 6.45) is 4.54. The van der Waals surface area contributed by atoms with Gasteiger partial charge in [0.25, 0.3) is 5.91 Å². The summed E-state index contributed by atoms with van der Waals surface area (Å²) in [6, 6.07) is 8.78. The number of benzene rings is 1. The Morgan fingerprint density at radius 1 is 1.11 bits per heavy atom. The third kappa shape index (κ3) is 3.70. The van der Waals surface area contributed by atoms with Crippen LogP contribution >= 0.6 is 0 Å². The van der Waals surface area contributed by atoms with Crippen molar-refractivity contribution >= 4 is 21.6 Å². The molecule has 148 valence electrons. The number of fused-ring (bicyclic) bond motifs is 3. The predicted molar refractivity (Wildman–Crippen MR) is 105 cm³/mol. The molecule has 2 N–H and O–H groups in total. The molecule has 0 spiro atoms. The largest absolute Gasteiger partial charge is 0.347 e. The maximum atomic E-state index is 13.0. The second kappa shape index (κ2) is 7.10. The van der Waals surface area contributed by atoms with Crippen LogP contribution in [0.15, 0.2) is 18.2 Å². The summed E-state index contributed by atoms with van der Waals surface area (Å²) in [5.41, 5.74) is -0.0261. The lowest BCUT2D eigenvalue weighted by Gasteiger charge is -2.50. The fraction of sp³-hybridized carbons (Fsp3) is 0.550. The summed E-state index contributed by atoms with van der Waals surface area (Å²) < 4.78 is 27.1. The van der Waals surface area contributed by atoms with Crippen molar-refractivity contribution in [2.24, 2.45) is 5.41 Å². The van der Waals surface area contributed by atoms with Crippen LogP contribution in [0.3, 0.4) is 0 Å². The van der Waals surface area contributed by atoms with E-state index in [4.69, 9.17) is 5.26 Å². The molecule has 3 fully saturated rings. The highest BCUT2D eigenvalue weighted by Gasteiger charge is 2.49. The lowest BCUT2D eigenvalue weighted by Crippen LogP contribution is -2.56. The molecule has 1 aromatic carbocycles. The molecule has 0 aromatic heterocycles. The molecule has 0 saturated heterocycles. The topological polar surface area (TPSA) is 123 Å². The van der Waals surface area contributed by atoms with Crippen molar-refractivity contribution in [1.82, 2.24) is 5.32 Å². The first-order chi connectivity index (χ1) is 13.1. The second-order valence-corrected chi connectivity index (χ2v) is 10.4. The third-order valence-corrected chi connectivity index (χ3v) is 7.87. The summed E-state index contributed by atoms with van der Waals surface area (Å²) in [7, 11) is -3.67. The average Bonchev–Trinajstić information content (AvgIpc) is 2.68. The van der Waals surface area contributed by atoms with Crippen LogP contribution in [0.5, 0.6) is 0 Å². The molecule has 7 nitrogen and oxygen atoms in total. The Morgan fingerprint density at radius 2 is 1.71 bits per heavy atom. The number of carbonyl (C=O) groups excluding carboxylic acids is 1. The summed E-state index contributed by atoms with van der Waals surface area (Å²) in [5, 5.41) is 21.0. The maximum Gasteiger partial charge on any atom is 0.253 e. The van der Waals surface area contributed by atoms with Crippen LogP contribution in [-0.2, 0) is 10.0 Å². The van der Waals surface area contributed by atoms with Gasteiger partial charge in [-0.25, -0.2) is 8.42 Å². The molecule has 0 heterocycles. The van der Waals surface area contributed by atoms with Gasteiger partial charge in [-0.15, -0.1) is 0 Å². The molecular formula is C20H24N4O3S. The molecule has 1 amide bonds. The average molecular weight is 401 g/mol. The van der Waals surface area contributed by atoms with Crippen molar-refractivity contribution in [3.05, 3.63) is 29.3 Å². The van der Waals surface area contributed by atoms with Crippen molar-refractivity contribution in [1.29, 1.82) is 10.5 Å². The molecule has 0 radical (unpaired) electrons. The zero-order valence-corrected chi connectivity index (χ0v) is 16.9. The standard InChI is InChI=1S/C20H24N4O3S/c1-14(2)28(26,27)24-17-11-15(12-21)3-4-16(17)18(25)23-20-8-5-19(13-22,6-9-20)7-10-20/h3-4,11,14,24H,5-10H2,1-2H3,(H,23,25). The van der Waals surface area contributed by atoms with Crippen molar-refractivity contribution < 1.29 is 13.2 Å². The number of carbonyl (C=O) groups is 1. The molecule has 3 aliphatic rings. The molecule has 0 atom stereocenters. The molecule has 0 unspecified atom stereocenters. The second-order valence-electron chi connectivity index (χ2n) is 8.19. The van der Waals surface area contributed by atoms with Crippen molar-refractivity contribution in [2.45, 2.75) is 63.2 Å². The number of sulfonamides is 1. The lowest BCUT2D eigenvalue weighted by atomic mass is 9.58. The van der Waals surface area contributed by atoms with Crippen LogP contribution in [-0.4, -0.2) is 25.1 Å². The highest BCUT2D eigenvalue weighted by molar-refractivity contribution is 7.93. The molecule has 0 aliphatic heterocycles. The Bertz CT molecular complexity index is 961. The van der Waals surface area contributed by atoms with Crippen LogP contribution in [0.1, 0.15) is 68.3 Å². The van der Waals surface area contributed by atoms with Crippen LogP contribution in [0.4, 0.5) is 5.69 Å². The van der Waals surface area contributed by atoms with Crippen molar-refractivity contribution in [2.75, 3.05) is 4.72 Å². The van der Waals surface area contributed by atoms with Crippen LogP contribution in [0, 0.1) is 28.1 Å². The van der Waals surface area contributed by atoms with Gasteiger partial charge in [0.1, 0.15) is 0 Å². The number of hydrogen-bond acceptors (Lipinski definition) is 5. The van der Waals surface area contributed by atoms with E-state index in [2.05, 4.69) is 16.1 Å². The smallest absolute Gasteiger partial charge is 0.253 e. The number of amides is 1. The first-order valence-electron chi connectivity index (χ1n) is 9.44. The van der Waals surface area contributed by atoms with Gasteiger partial charge in [0.2, 0.25) is 10.0 Å². The third-order valence-electron chi connectivity index (χ3n) is 6.13. The Balaban J connectivity index is 1.86. The van der Waals surface area contributed by atoms with E-state index in [0.717, 1.165) is 38.5 Å². The highest BCUT2D eigenvalue weighted by atomic mass is 32.2. The minimum Gasteiger partial charge on any atom is -0.347 e. The molecular weight excluding hydrogens is 376 g/mol. The quantitative estimate of drug-likeness (QED) is 0.786. The van der Waals surface area contributed by atoms with Gasteiger partial charge in [-0.1, -0.05) is 0 Å². The minimum atomic E-state index is -3.67. The van der Waals surface area contributed by atoms with E-state index < -0.39 is 15.3 Å². The zero-order valence-electron chi connectivity index (χ0n) is 16.1.